The fraction of sp³-hybridized carbons (Fsp3) is 0.158. The van der Waals surface area contributed by atoms with Crippen molar-refractivity contribution in [2.24, 2.45) is 0 Å². The Morgan fingerprint density at radius 2 is 1.93 bits per heavy atom. The Bertz CT molecular complexity index is 1070. The zero-order valence-electron chi connectivity index (χ0n) is 15.1. The second kappa shape index (κ2) is 6.61. The van der Waals surface area contributed by atoms with Crippen LogP contribution in [0.15, 0.2) is 48.5 Å². The number of benzene rings is 1. The summed E-state index contributed by atoms with van der Waals surface area (Å²) in [7, 11) is 0. The van der Waals surface area contributed by atoms with Crippen LogP contribution >= 0.6 is 11.3 Å². The van der Waals surface area contributed by atoms with Gasteiger partial charge in [0.2, 0.25) is 0 Å². The summed E-state index contributed by atoms with van der Waals surface area (Å²) in [4.78, 5) is 39.8. The number of rotatable bonds is 4. The Morgan fingerprint density at radius 1 is 1.18 bits per heavy atom. The first kappa shape index (κ1) is 17.9. The minimum atomic E-state index is -1.25. The second-order valence-corrected chi connectivity index (χ2v) is 7.87. The van der Waals surface area contributed by atoms with Gasteiger partial charge in [-0.15, -0.1) is 11.3 Å². The van der Waals surface area contributed by atoms with Gasteiger partial charge in [-0.25, -0.2) is 4.79 Å². The van der Waals surface area contributed by atoms with E-state index in [4.69, 9.17) is 0 Å². The third-order valence-corrected chi connectivity index (χ3v) is 5.61. The Labute approximate surface area is 164 Å². The predicted molar refractivity (Wildman–Crippen MR) is 103 cm³/mol. The Hall–Kier alpha value is -3.46. The average molecular weight is 395 g/mol. The van der Waals surface area contributed by atoms with E-state index in [-0.39, 0.29) is 5.69 Å². The molecule has 28 heavy (non-hydrogen) atoms. The first-order chi connectivity index (χ1) is 13.4. The number of nitrogens with zero attached hydrogens (tertiary/aromatic N) is 2. The summed E-state index contributed by atoms with van der Waals surface area (Å²) in [6.07, 6.45) is 0. The minimum Gasteiger partial charge on any atom is -0.318 e. The van der Waals surface area contributed by atoms with Gasteiger partial charge in [-0.05, 0) is 37.6 Å². The molecule has 0 unspecified atom stereocenters. The van der Waals surface area contributed by atoms with Crippen molar-refractivity contribution in [2.45, 2.75) is 19.4 Å². The van der Waals surface area contributed by atoms with Crippen LogP contribution in [0.4, 0.5) is 4.79 Å². The van der Waals surface area contributed by atoms with Crippen LogP contribution in [0.3, 0.4) is 0 Å². The molecular formula is C19H17N5O3S. The van der Waals surface area contributed by atoms with Crippen molar-refractivity contribution in [1.82, 2.24) is 25.9 Å². The van der Waals surface area contributed by atoms with Crippen molar-refractivity contribution < 1.29 is 14.4 Å². The van der Waals surface area contributed by atoms with Gasteiger partial charge in [0, 0.05) is 4.88 Å². The number of hydrogen-bond acceptors (Lipinski definition) is 5. The molecule has 8 nitrogen and oxygen atoms in total. The number of carbonyl (C=O) groups excluding carboxylic acids is 3. The number of nitrogens with one attached hydrogen (secondary N) is 3. The molecule has 1 fully saturated rings. The van der Waals surface area contributed by atoms with Gasteiger partial charge >= 0.3 is 6.03 Å². The molecular weight excluding hydrogens is 378 g/mol. The molecule has 1 aliphatic rings. The van der Waals surface area contributed by atoms with Crippen LogP contribution in [0.2, 0.25) is 0 Å². The van der Waals surface area contributed by atoms with Crippen molar-refractivity contribution >= 4 is 29.2 Å². The summed E-state index contributed by atoms with van der Waals surface area (Å²) in [5.41, 5.74) is 2.48. The molecule has 1 atom stereocenters. The molecule has 2 aromatic heterocycles. The van der Waals surface area contributed by atoms with Gasteiger partial charge in [0.25, 0.3) is 11.8 Å². The van der Waals surface area contributed by atoms with Crippen molar-refractivity contribution in [3.63, 3.8) is 0 Å². The van der Waals surface area contributed by atoms with E-state index in [1.165, 1.54) is 0 Å². The number of hydrazine groups is 1. The molecule has 142 valence electrons. The quantitative estimate of drug-likeness (QED) is 0.590. The van der Waals surface area contributed by atoms with Crippen LogP contribution < -0.4 is 10.7 Å². The standard InChI is InChI=1S/C19H17N5O3S/c1-11-8-9-15(28-11)13-10-14(22-21-13)16(25)23-24-17(26)19(2,20-18(24)27)12-6-4-3-5-7-12/h3-10H,1-2H3,(H,20,27)(H,21,22)(H,23,25)/t19-/m0/s1. The molecule has 3 aromatic rings. The van der Waals surface area contributed by atoms with Gasteiger partial charge in [-0.3, -0.25) is 20.1 Å². The predicted octanol–water partition coefficient (Wildman–Crippen LogP) is 2.56. The van der Waals surface area contributed by atoms with Crippen LogP contribution in [0.5, 0.6) is 0 Å². The maximum Gasteiger partial charge on any atom is 0.344 e. The van der Waals surface area contributed by atoms with Gasteiger partial charge in [0.15, 0.2) is 5.69 Å². The molecule has 0 radical (unpaired) electrons. The van der Waals surface area contributed by atoms with Crippen molar-refractivity contribution in [3.05, 3.63) is 64.7 Å². The lowest BCUT2D eigenvalue weighted by molar-refractivity contribution is -0.132. The van der Waals surface area contributed by atoms with E-state index >= 15 is 0 Å². The third-order valence-electron chi connectivity index (χ3n) is 4.57. The van der Waals surface area contributed by atoms with Gasteiger partial charge in [-0.1, -0.05) is 30.3 Å². The highest BCUT2D eigenvalue weighted by Gasteiger charge is 2.50. The summed E-state index contributed by atoms with van der Waals surface area (Å²) in [6, 6.07) is 13.6. The fourth-order valence-electron chi connectivity index (χ4n) is 3.01. The maximum absolute atomic E-state index is 12.8. The topological polar surface area (TPSA) is 107 Å². The number of urea groups is 1. The zero-order chi connectivity index (χ0) is 19.9. The number of thiophene rings is 1. The molecule has 3 heterocycles. The van der Waals surface area contributed by atoms with Gasteiger partial charge in [-0.2, -0.15) is 10.1 Å². The number of aromatic nitrogens is 2. The lowest BCUT2D eigenvalue weighted by Gasteiger charge is -2.21. The van der Waals surface area contributed by atoms with Gasteiger partial charge in [0.1, 0.15) is 5.54 Å². The highest BCUT2D eigenvalue weighted by Crippen LogP contribution is 2.28. The summed E-state index contributed by atoms with van der Waals surface area (Å²) < 4.78 is 0. The Morgan fingerprint density at radius 3 is 2.61 bits per heavy atom. The molecule has 1 aliphatic heterocycles. The third kappa shape index (κ3) is 2.95. The maximum atomic E-state index is 12.8. The SMILES string of the molecule is Cc1ccc(-c2cc(C(=O)NN3C(=O)N[C@@](C)(c4ccccc4)C3=O)n[nH]2)s1. The van der Waals surface area contributed by atoms with Gasteiger partial charge < -0.3 is 5.32 Å². The number of aryl methyl sites for hydroxylation is 1. The van der Waals surface area contributed by atoms with E-state index in [0.717, 1.165) is 9.75 Å². The lowest BCUT2D eigenvalue weighted by atomic mass is 9.92. The van der Waals surface area contributed by atoms with Crippen LogP contribution in [0.25, 0.3) is 10.6 Å². The Balaban J connectivity index is 1.53. The molecule has 9 heteroatoms. The van der Waals surface area contributed by atoms with Crippen molar-refractivity contribution in [1.29, 1.82) is 0 Å². The second-order valence-electron chi connectivity index (χ2n) is 6.58. The number of hydrogen-bond donors (Lipinski definition) is 3. The molecule has 4 rings (SSSR count). The van der Waals surface area contributed by atoms with E-state index in [1.807, 2.05) is 25.1 Å². The first-order valence-corrected chi connectivity index (χ1v) is 9.35. The molecule has 0 spiro atoms. The smallest absolute Gasteiger partial charge is 0.318 e. The van der Waals surface area contributed by atoms with Crippen molar-refractivity contribution in [3.8, 4) is 10.6 Å². The number of aromatic amines is 1. The summed E-state index contributed by atoms with van der Waals surface area (Å²) in [5.74, 6) is -1.22. The van der Waals surface area contributed by atoms with E-state index in [0.29, 0.717) is 16.3 Å². The number of imide groups is 1. The number of carbonyl (C=O) groups is 3. The van der Waals surface area contributed by atoms with E-state index in [9.17, 15) is 14.4 Å². The van der Waals surface area contributed by atoms with E-state index in [1.54, 1.807) is 48.6 Å². The summed E-state index contributed by atoms with van der Waals surface area (Å²) >= 11 is 1.57. The lowest BCUT2D eigenvalue weighted by Crippen LogP contribution is -2.48. The first-order valence-electron chi connectivity index (χ1n) is 8.54. The summed E-state index contributed by atoms with van der Waals surface area (Å²) in [5, 5.41) is 10.1. The number of amides is 4. The molecule has 1 aromatic carbocycles. The van der Waals surface area contributed by atoms with E-state index < -0.39 is 23.4 Å². The van der Waals surface area contributed by atoms with Crippen molar-refractivity contribution in [2.75, 3.05) is 0 Å². The minimum absolute atomic E-state index is 0.0787. The molecule has 3 N–H and O–H groups in total. The molecule has 1 saturated heterocycles. The van der Waals surface area contributed by atoms with Crippen LogP contribution in [0.1, 0.15) is 27.9 Å². The monoisotopic (exact) mass is 395 g/mol. The summed E-state index contributed by atoms with van der Waals surface area (Å²) in [6.45, 7) is 3.58. The van der Waals surface area contributed by atoms with Crippen LogP contribution in [-0.4, -0.2) is 33.1 Å². The van der Waals surface area contributed by atoms with Crippen LogP contribution in [-0.2, 0) is 10.3 Å². The molecule has 4 amide bonds. The largest absolute Gasteiger partial charge is 0.344 e. The fourth-order valence-corrected chi connectivity index (χ4v) is 3.84. The highest BCUT2D eigenvalue weighted by molar-refractivity contribution is 7.15. The van der Waals surface area contributed by atoms with Crippen LogP contribution in [0, 0.1) is 6.92 Å². The zero-order valence-corrected chi connectivity index (χ0v) is 16.0. The number of H-pyrrole nitrogens is 1. The molecule has 0 aliphatic carbocycles. The van der Waals surface area contributed by atoms with Gasteiger partial charge in [0.05, 0.1) is 10.6 Å². The normalized spacial score (nSPS) is 19.0. The highest BCUT2D eigenvalue weighted by atomic mass is 32.1. The average Bonchev–Trinajstić information content (AvgIpc) is 3.38. The van der Waals surface area contributed by atoms with E-state index in [2.05, 4.69) is 20.9 Å². The molecule has 0 saturated carbocycles. The Kier molecular flexibility index (Phi) is 4.23. The molecule has 0 bridgehead atoms.